The Morgan fingerprint density at radius 1 is 1.44 bits per heavy atom. The van der Waals surface area contributed by atoms with E-state index in [-0.39, 0.29) is 0 Å². The number of rotatable bonds is 1. The Bertz CT molecular complexity index is 79.1. The molecule has 0 atom stereocenters. The SMILES string of the molecule is NN1CCC(CO)CC1. The largest absolute Gasteiger partial charge is 0.396 e. The fraction of sp³-hybridized carbons (Fsp3) is 1.00. The Morgan fingerprint density at radius 2 is 2.00 bits per heavy atom. The van der Waals surface area contributed by atoms with E-state index in [9.17, 15) is 0 Å². The number of aliphatic hydroxyl groups is 1. The molecular formula is C6H14N2O. The van der Waals surface area contributed by atoms with Gasteiger partial charge in [0.25, 0.3) is 0 Å². The van der Waals surface area contributed by atoms with Crippen molar-refractivity contribution in [2.24, 2.45) is 11.8 Å². The van der Waals surface area contributed by atoms with Gasteiger partial charge in [0.1, 0.15) is 0 Å². The predicted molar refractivity (Wildman–Crippen MR) is 35.6 cm³/mol. The Labute approximate surface area is 55.4 Å². The molecule has 3 N–H and O–H groups in total. The highest BCUT2D eigenvalue weighted by Gasteiger charge is 2.15. The molecule has 54 valence electrons. The Balaban J connectivity index is 2.18. The average Bonchev–Trinajstić information content (AvgIpc) is 1.90. The summed E-state index contributed by atoms with van der Waals surface area (Å²) in [5.41, 5.74) is 0. The van der Waals surface area contributed by atoms with Gasteiger partial charge >= 0.3 is 0 Å². The summed E-state index contributed by atoms with van der Waals surface area (Å²) in [6.45, 7) is 2.20. The van der Waals surface area contributed by atoms with Crippen molar-refractivity contribution in [1.29, 1.82) is 0 Å². The summed E-state index contributed by atoms with van der Waals surface area (Å²) in [7, 11) is 0. The molecule has 0 aromatic heterocycles. The molecule has 0 unspecified atom stereocenters. The molecule has 1 saturated heterocycles. The second kappa shape index (κ2) is 3.15. The molecule has 1 fully saturated rings. The molecule has 0 aromatic rings. The smallest absolute Gasteiger partial charge is 0.0460 e. The van der Waals surface area contributed by atoms with E-state index >= 15 is 0 Å². The molecule has 0 spiro atoms. The molecule has 3 nitrogen and oxygen atoms in total. The minimum Gasteiger partial charge on any atom is -0.396 e. The zero-order chi connectivity index (χ0) is 6.69. The maximum atomic E-state index is 8.72. The van der Waals surface area contributed by atoms with Gasteiger partial charge in [0.15, 0.2) is 0 Å². The highest BCUT2D eigenvalue weighted by molar-refractivity contribution is 4.67. The Hall–Kier alpha value is -0.120. The molecule has 1 rings (SSSR count). The van der Waals surface area contributed by atoms with Gasteiger partial charge in [-0.2, -0.15) is 0 Å². The van der Waals surface area contributed by atoms with E-state index in [0.29, 0.717) is 12.5 Å². The number of hydrogen-bond acceptors (Lipinski definition) is 3. The third-order valence-electron chi connectivity index (χ3n) is 1.91. The molecule has 0 amide bonds. The fourth-order valence-corrected chi connectivity index (χ4v) is 1.14. The van der Waals surface area contributed by atoms with Gasteiger partial charge < -0.3 is 5.11 Å². The van der Waals surface area contributed by atoms with Crippen molar-refractivity contribution in [2.45, 2.75) is 12.8 Å². The van der Waals surface area contributed by atoms with Crippen molar-refractivity contribution < 1.29 is 5.11 Å². The van der Waals surface area contributed by atoms with Crippen LogP contribution in [0.4, 0.5) is 0 Å². The predicted octanol–water partition coefficient (Wildman–Crippen LogP) is -0.436. The average molecular weight is 130 g/mol. The lowest BCUT2D eigenvalue weighted by molar-refractivity contribution is 0.133. The van der Waals surface area contributed by atoms with E-state index in [1.807, 2.05) is 5.01 Å². The molecule has 0 bridgehead atoms. The van der Waals surface area contributed by atoms with Crippen LogP contribution in [0.2, 0.25) is 0 Å². The zero-order valence-corrected chi connectivity index (χ0v) is 5.58. The quantitative estimate of drug-likeness (QED) is 0.473. The summed E-state index contributed by atoms with van der Waals surface area (Å²) < 4.78 is 0. The lowest BCUT2D eigenvalue weighted by Gasteiger charge is -2.26. The summed E-state index contributed by atoms with van der Waals surface area (Å²) in [6, 6.07) is 0. The van der Waals surface area contributed by atoms with Crippen LogP contribution < -0.4 is 5.84 Å². The number of hydrogen-bond donors (Lipinski definition) is 2. The van der Waals surface area contributed by atoms with Crippen molar-refractivity contribution >= 4 is 0 Å². The first-order valence-electron chi connectivity index (χ1n) is 3.43. The maximum Gasteiger partial charge on any atom is 0.0460 e. The van der Waals surface area contributed by atoms with Crippen molar-refractivity contribution in [3.63, 3.8) is 0 Å². The van der Waals surface area contributed by atoms with Crippen molar-refractivity contribution in [3.8, 4) is 0 Å². The third-order valence-corrected chi connectivity index (χ3v) is 1.91. The van der Waals surface area contributed by atoms with Gasteiger partial charge in [-0.3, -0.25) is 5.84 Å². The van der Waals surface area contributed by atoms with Crippen LogP contribution in [0.25, 0.3) is 0 Å². The lowest BCUT2D eigenvalue weighted by atomic mass is 9.99. The first kappa shape index (κ1) is 6.99. The summed E-state index contributed by atoms with van der Waals surface area (Å²) in [5, 5.41) is 10.5. The normalized spacial score (nSPS) is 24.7. The van der Waals surface area contributed by atoms with Crippen LogP contribution in [0.1, 0.15) is 12.8 Å². The Kier molecular flexibility index (Phi) is 2.45. The van der Waals surface area contributed by atoms with Crippen molar-refractivity contribution in [3.05, 3.63) is 0 Å². The molecule has 1 aliphatic rings. The molecule has 0 radical (unpaired) electrons. The highest BCUT2D eigenvalue weighted by atomic mass is 16.3. The molecular weight excluding hydrogens is 116 g/mol. The molecule has 1 aliphatic heterocycles. The van der Waals surface area contributed by atoms with Gasteiger partial charge in [0, 0.05) is 19.7 Å². The van der Waals surface area contributed by atoms with Crippen LogP contribution in [-0.2, 0) is 0 Å². The molecule has 0 aliphatic carbocycles. The van der Waals surface area contributed by atoms with E-state index in [4.69, 9.17) is 10.9 Å². The van der Waals surface area contributed by atoms with Gasteiger partial charge in [-0.25, -0.2) is 5.01 Å². The van der Waals surface area contributed by atoms with Crippen molar-refractivity contribution in [1.82, 2.24) is 5.01 Å². The molecule has 0 saturated carbocycles. The van der Waals surface area contributed by atoms with Gasteiger partial charge in [-0.1, -0.05) is 0 Å². The van der Waals surface area contributed by atoms with Crippen LogP contribution in [0.15, 0.2) is 0 Å². The van der Waals surface area contributed by atoms with E-state index in [1.165, 1.54) is 0 Å². The van der Waals surface area contributed by atoms with Gasteiger partial charge in [0.2, 0.25) is 0 Å². The van der Waals surface area contributed by atoms with E-state index in [1.54, 1.807) is 0 Å². The molecule has 0 aromatic carbocycles. The second-order valence-corrected chi connectivity index (χ2v) is 2.66. The first-order chi connectivity index (χ1) is 4.33. The standard InChI is InChI=1S/C6H14N2O/c7-8-3-1-6(5-9)2-4-8/h6,9H,1-5,7H2. The summed E-state index contributed by atoms with van der Waals surface area (Å²) in [6.07, 6.45) is 2.10. The minimum atomic E-state index is 0.327. The molecule has 1 heterocycles. The van der Waals surface area contributed by atoms with E-state index in [0.717, 1.165) is 25.9 Å². The first-order valence-corrected chi connectivity index (χ1v) is 3.43. The van der Waals surface area contributed by atoms with E-state index in [2.05, 4.69) is 0 Å². The number of hydrazine groups is 1. The number of piperidine rings is 1. The molecule has 9 heavy (non-hydrogen) atoms. The van der Waals surface area contributed by atoms with Gasteiger partial charge in [0.05, 0.1) is 0 Å². The number of nitrogens with two attached hydrogens (primary N) is 1. The van der Waals surface area contributed by atoms with Gasteiger partial charge in [-0.05, 0) is 18.8 Å². The summed E-state index contributed by atoms with van der Waals surface area (Å²) >= 11 is 0. The van der Waals surface area contributed by atoms with Crippen molar-refractivity contribution in [2.75, 3.05) is 19.7 Å². The topological polar surface area (TPSA) is 49.5 Å². The number of aliphatic hydroxyl groups excluding tert-OH is 1. The van der Waals surface area contributed by atoms with Crippen LogP contribution in [0.3, 0.4) is 0 Å². The Morgan fingerprint density at radius 3 is 2.44 bits per heavy atom. The van der Waals surface area contributed by atoms with Crippen LogP contribution in [0.5, 0.6) is 0 Å². The third kappa shape index (κ3) is 1.93. The summed E-state index contributed by atoms with van der Waals surface area (Å²) in [4.78, 5) is 0. The lowest BCUT2D eigenvalue weighted by Crippen LogP contribution is -2.39. The zero-order valence-electron chi connectivity index (χ0n) is 5.58. The van der Waals surface area contributed by atoms with E-state index < -0.39 is 0 Å². The molecule has 3 heteroatoms. The fourth-order valence-electron chi connectivity index (χ4n) is 1.14. The minimum absolute atomic E-state index is 0.327. The maximum absolute atomic E-state index is 8.72. The summed E-state index contributed by atoms with van der Waals surface area (Å²) in [5.74, 6) is 6.01. The van der Waals surface area contributed by atoms with Crippen LogP contribution in [-0.4, -0.2) is 29.8 Å². The van der Waals surface area contributed by atoms with Crippen LogP contribution in [0, 0.1) is 5.92 Å². The highest BCUT2D eigenvalue weighted by Crippen LogP contribution is 2.13. The van der Waals surface area contributed by atoms with Crippen LogP contribution >= 0.6 is 0 Å². The second-order valence-electron chi connectivity index (χ2n) is 2.66. The number of nitrogens with zero attached hydrogens (tertiary/aromatic N) is 1. The van der Waals surface area contributed by atoms with Gasteiger partial charge in [-0.15, -0.1) is 0 Å². The monoisotopic (exact) mass is 130 g/mol.